The molecule has 0 saturated heterocycles. The van der Waals surface area contributed by atoms with Gasteiger partial charge < -0.3 is 0 Å². The van der Waals surface area contributed by atoms with E-state index in [2.05, 4.69) is 26.8 Å². The van der Waals surface area contributed by atoms with E-state index in [-0.39, 0.29) is 0 Å². The number of rotatable bonds is 1. The Hall–Kier alpha value is -1.03. The van der Waals surface area contributed by atoms with E-state index in [9.17, 15) is 0 Å². The Balaban J connectivity index is 2.33. The van der Waals surface area contributed by atoms with Gasteiger partial charge in [0.15, 0.2) is 5.82 Å². The zero-order valence-electron chi connectivity index (χ0n) is 5.86. The molecule has 0 saturated carbocycles. The van der Waals surface area contributed by atoms with Crippen LogP contribution in [0.25, 0.3) is 4.91 Å². The van der Waals surface area contributed by atoms with E-state index < -0.39 is 10.9 Å². The fourth-order valence-electron chi connectivity index (χ4n) is 0.949. The molecule has 0 bridgehead atoms. The van der Waals surface area contributed by atoms with Crippen LogP contribution in [0.4, 0.5) is 0 Å². The lowest BCUT2D eigenvalue weighted by atomic mass is 10.5. The highest BCUT2D eigenvalue weighted by molar-refractivity contribution is 8.28. The van der Waals surface area contributed by atoms with Gasteiger partial charge in [-0.1, -0.05) is 6.08 Å². The van der Waals surface area contributed by atoms with Gasteiger partial charge in [0.1, 0.15) is 6.33 Å². The van der Waals surface area contributed by atoms with E-state index in [1.807, 2.05) is 12.2 Å². The van der Waals surface area contributed by atoms with Crippen LogP contribution >= 0.6 is 10.9 Å². The predicted molar refractivity (Wildman–Crippen MR) is 47.8 cm³/mol. The lowest BCUT2D eigenvalue weighted by Gasteiger charge is -2.06. The van der Waals surface area contributed by atoms with E-state index in [4.69, 9.17) is 0 Å². The smallest absolute Gasteiger partial charge is 0.185 e. The maximum absolute atomic E-state index is 4.05. The van der Waals surface area contributed by atoms with Crippen molar-refractivity contribution in [2.45, 2.75) is 0 Å². The molecule has 2 rings (SSSR count). The summed E-state index contributed by atoms with van der Waals surface area (Å²) in [7, 11) is -0.393. The van der Waals surface area contributed by atoms with Crippen molar-refractivity contribution < 1.29 is 0 Å². The second-order valence-electron chi connectivity index (χ2n) is 2.19. The normalized spacial score (nSPS) is 25.5. The maximum Gasteiger partial charge on any atom is 0.185 e. The van der Waals surface area contributed by atoms with Gasteiger partial charge >= 0.3 is 0 Å². The van der Waals surface area contributed by atoms with Crippen molar-refractivity contribution in [2.75, 3.05) is 0 Å². The minimum atomic E-state index is -0.393. The summed E-state index contributed by atoms with van der Waals surface area (Å²) in [6.07, 6.45) is 9.59. The van der Waals surface area contributed by atoms with Crippen LogP contribution < -0.4 is 0 Å². The third kappa shape index (κ3) is 1.09. The van der Waals surface area contributed by atoms with Crippen molar-refractivity contribution >= 4 is 15.8 Å². The van der Waals surface area contributed by atoms with Gasteiger partial charge in [0, 0.05) is 4.91 Å². The molecule has 1 aliphatic rings. The number of thiol groups is 1. The summed E-state index contributed by atoms with van der Waals surface area (Å²) < 4.78 is 0. The molecule has 1 N–H and O–H groups in total. The molecule has 2 heterocycles. The van der Waals surface area contributed by atoms with Crippen molar-refractivity contribution in [1.82, 2.24) is 15.2 Å². The summed E-state index contributed by atoms with van der Waals surface area (Å²) in [6, 6.07) is 0. The minimum Gasteiger partial charge on any atom is -0.265 e. The molecule has 0 aliphatic carbocycles. The number of hydrogen-bond donors (Lipinski definition) is 2. The van der Waals surface area contributed by atoms with Crippen molar-refractivity contribution in [1.29, 1.82) is 0 Å². The van der Waals surface area contributed by atoms with Crippen LogP contribution in [0, 0.1) is 6.26 Å². The summed E-state index contributed by atoms with van der Waals surface area (Å²) in [4.78, 5) is 5.19. The third-order valence-electron chi connectivity index (χ3n) is 1.47. The fourth-order valence-corrected chi connectivity index (χ4v) is 2.05. The molecule has 0 aromatic carbocycles. The van der Waals surface area contributed by atoms with Gasteiger partial charge in [0.05, 0.1) is 0 Å². The molecule has 1 aliphatic heterocycles. The van der Waals surface area contributed by atoms with Gasteiger partial charge in [-0.3, -0.25) is 5.10 Å². The largest absolute Gasteiger partial charge is 0.265 e. The Kier molecular flexibility index (Phi) is 1.54. The Morgan fingerprint density at radius 2 is 2.45 bits per heavy atom. The molecule has 0 amide bonds. The SMILES string of the molecule is [CH2][SH]1C=CC=C1c1nc[nH]n1. The van der Waals surface area contributed by atoms with Crippen LogP contribution in [-0.4, -0.2) is 15.2 Å². The summed E-state index contributed by atoms with van der Waals surface area (Å²) in [5.74, 6) is 0.774. The molecule has 0 fully saturated rings. The maximum atomic E-state index is 4.05. The molecule has 1 atom stereocenters. The summed E-state index contributed by atoms with van der Waals surface area (Å²) in [5.41, 5.74) is 0. The molecule has 1 aromatic heterocycles. The molecule has 11 heavy (non-hydrogen) atoms. The van der Waals surface area contributed by atoms with E-state index >= 15 is 0 Å². The van der Waals surface area contributed by atoms with Crippen LogP contribution in [0.1, 0.15) is 5.82 Å². The van der Waals surface area contributed by atoms with Crippen molar-refractivity contribution in [3.63, 3.8) is 0 Å². The Bertz CT molecular complexity index is 299. The molecule has 57 valence electrons. The zero-order chi connectivity index (χ0) is 7.68. The Morgan fingerprint density at radius 1 is 1.55 bits per heavy atom. The van der Waals surface area contributed by atoms with Gasteiger partial charge in [-0.05, 0) is 17.7 Å². The fraction of sp³-hybridized carbons (Fsp3) is 0. The third-order valence-corrected chi connectivity index (χ3v) is 2.97. The number of aromatic amines is 1. The van der Waals surface area contributed by atoms with Gasteiger partial charge in [-0.25, -0.2) is 15.9 Å². The zero-order valence-corrected chi connectivity index (χ0v) is 6.75. The topological polar surface area (TPSA) is 41.6 Å². The first-order chi connectivity index (χ1) is 5.38. The number of H-pyrrole nitrogens is 1. The first-order valence-electron chi connectivity index (χ1n) is 3.22. The average Bonchev–Trinajstić information content (AvgIpc) is 2.55. The lowest BCUT2D eigenvalue weighted by molar-refractivity contribution is 1.08. The summed E-state index contributed by atoms with van der Waals surface area (Å²) in [5, 5.41) is 8.74. The summed E-state index contributed by atoms with van der Waals surface area (Å²) >= 11 is 0. The summed E-state index contributed by atoms with van der Waals surface area (Å²) in [6.45, 7) is 0. The van der Waals surface area contributed by atoms with Crippen molar-refractivity contribution in [3.8, 4) is 0 Å². The van der Waals surface area contributed by atoms with E-state index in [0.717, 1.165) is 10.7 Å². The van der Waals surface area contributed by atoms with Gasteiger partial charge in [0.2, 0.25) is 0 Å². The molecule has 1 aromatic rings. The van der Waals surface area contributed by atoms with Crippen LogP contribution in [0.15, 0.2) is 23.9 Å². The Labute approximate surface area is 67.6 Å². The molecule has 3 nitrogen and oxygen atoms in total. The molecule has 1 radical (unpaired) electrons. The first-order valence-corrected chi connectivity index (χ1v) is 4.82. The van der Waals surface area contributed by atoms with Crippen LogP contribution in [0.2, 0.25) is 0 Å². The van der Waals surface area contributed by atoms with E-state index in [1.54, 1.807) is 6.33 Å². The highest BCUT2D eigenvalue weighted by Crippen LogP contribution is 2.44. The monoisotopic (exact) mass is 166 g/mol. The Morgan fingerprint density at radius 3 is 3.00 bits per heavy atom. The molecule has 0 spiro atoms. The van der Waals surface area contributed by atoms with Gasteiger partial charge in [-0.2, -0.15) is 5.10 Å². The van der Waals surface area contributed by atoms with Gasteiger partial charge in [0.25, 0.3) is 0 Å². The van der Waals surface area contributed by atoms with E-state index in [1.165, 1.54) is 0 Å². The predicted octanol–water partition coefficient (Wildman–Crippen LogP) is 1.47. The number of aromatic nitrogens is 3. The number of nitrogens with zero attached hydrogens (tertiary/aromatic N) is 2. The van der Waals surface area contributed by atoms with Crippen LogP contribution in [0.3, 0.4) is 0 Å². The van der Waals surface area contributed by atoms with Gasteiger partial charge in [-0.15, -0.1) is 0 Å². The first kappa shape index (κ1) is 6.67. The highest BCUT2D eigenvalue weighted by atomic mass is 32.2. The second kappa shape index (κ2) is 2.54. The van der Waals surface area contributed by atoms with Crippen LogP contribution in [-0.2, 0) is 0 Å². The minimum absolute atomic E-state index is 0.393. The highest BCUT2D eigenvalue weighted by Gasteiger charge is 2.10. The molecule has 4 heteroatoms. The standard InChI is InChI=1S/C7H8N3S/c1-11-4-2-3-6(11)7-8-5-9-10-7/h2-5,11H,1H2,(H,8,9,10). The molecular formula is C7H8N3S. The van der Waals surface area contributed by atoms with Crippen molar-refractivity contribution in [2.24, 2.45) is 0 Å². The second-order valence-corrected chi connectivity index (χ2v) is 3.91. The number of hydrogen-bond acceptors (Lipinski definition) is 2. The number of nitrogens with one attached hydrogen (secondary N) is 1. The molecule has 1 unspecified atom stereocenters. The van der Waals surface area contributed by atoms with Crippen molar-refractivity contribution in [3.05, 3.63) is 36.0 Å². The van der Waals surface area contributed by atoms with E-state index in [0.29, 0.717) is 0 Å². The average molecular weight is 166 g/mol. The lowest BCUT2D eigenvalue weighted by Crippen LogP contribution is -1.83. The number of allylic oxidation sites excluding steroid dienone is 2. The quantitative estimate of drug-likeness (QED) is 0.620. The van der Waals surface area contributed by atoms with Crippen LogP contribution in [0.5, 0.6) is 0 Å². The molecular weight excluding hydrogens is 158 g/mol.